The van der Waals surface area contributed by atoms with Crippen LogP contribution in [0.3, 0.4) is 0 Å². The molecule has 0 bridgehead atoms. The maximum atomic E-state index is 11.0. The summed E-state index contributed by atoms with van der Waals surface area (Å²) in [6, 6.07) is 0. The van der Waals surface area contributed by atoms with Gasteiger partial charge in [-0.25, -0.2) is 0 Å². The quantitative estimate of drug-likeness (QED) is 0.611. The van der Waals surface area contributed by atoms with Crippen LogP contribution in [0.4, 0.5) is 0 Å². The second kappa shape index (κ2) is 3.89. The van der Waals surface area contributed by atoms with Crippen molar-refractivity contribution in [3.63, 3.8) is 0 Å². The molecule has 0 aromatic rings. The van der Waals surface area contributed by atoms with Gasteiger partial charge in [0.25, 0.3) is 0 Å². The number of hydrogen-bond acceptors (Lipinski definition) is 1. The number of hydrogen-bond donors (Lipinski definition) is 0. The van der Waals surface area contributed by atoms with Crippen LogP contribution in [0.2, 0.25) is 0 Å². The molecule has 1 rings (SSSR count). The molecule has 1 saturated carbocycles. The zero-order chi connectivity index (χ0) is 8.27. The first kappa shape index (κ1) is 8.76. The van der Waals surface area contributed by atoms with Gasteiger partial charge in [0.05, 0.1) is 0 Å². The Morgan fingerprint density at radius 3 is 2.64 bits per heavy atom. The summed E-state index contributed by atoms with van der Waals surface area (Å²) in [4.78, 5) is 11.0. The van der Waals surface area contributed by atoms with Crippen LogP contribution in [-0.2, 0) is 4.79 Å². The van der Waals surface area contributed by atoms with Crippen molar-refractivity contribution in [1.29, 1.82) is 0 Å². The standard InChI is InChI=1S/C10H18O/c1-3-4-9-5-6-10(7-9)8(2)11/h9-10H,3-7H2,1-2H3. The summed E-state index contributed by atoms with van der Waals surface area (Å²) >= 11 is 0. The molecule has 1 aliphatic rings. The Balaban J connectivity index is 2.29. The molecule has 64 valence electrons. The van der Waals surface area contributed by atoms with Gasteiger partial charge in [-0.05, 0) is 32.1 Å². The maximum absolute atomic E-state index is 11.0. The van der Waals surface area contributed by atoms with E-state index < -0.39 is 0 Å². The van der Waals surface area contributed by atoms with E-state index in [1.54, 1.807) is 6.92 Å². The van der Waals surface area contributed by atoms with E-state index >= 15 is 0 Å². The lowest BCUT2D eigenvalue weighted by atomic mass is 9.99. The predicted molar refractivity (Wildman–Crippen MR) is 46.4 cm³/mol. The molecule has 0 N–H and O–H groups in total. The van der Waals surface area contributed by atoms with Gasteiger partial charge in [-0.1, -0.05) is 19.8 Å². The van der Waals surface area contributed by atoms with E-state index in [1.807, 2.05) is 0 Å². The van der Waals surface area contributed by atoms with Crippen molar-refractivity contribution >= 4 is 5.78 Å². The fraction of sp³-hybridized carbons (Fsp3) is 0.900. The molecule has 0 saturated heterocycles. The summed E-state index contributed by atoms with van der Waals surface area (Å²) in [7, 11) is 0. The molecule has 0 amide bonds. The second-order valence-corrected chi connectivity index (χ2v) is 3.78. The van der Waals surface area contributed by atoms with E-state index in [-0.39, 0.29) is 0 Å². The normalized spacial score (nSPS) is 30.7. The molecular weight excluding hydrogens is 136 g/mol. The lowest BCUT2D eigenvalue weighted by Crippen LogP contribution is -2.06. The minimum absolute atomic E-state index is 0.406. The minimum Gasteiger partial charge on any atom is -0.300 e. The lowest BCUT2D eigenvalue weighted by molar-refractivity contribution is -0.120. The van der Waals surface area contributed by atoms with Crippen LogP contribution in [0.1, 0.15) is 46.0 Å². The van der Waals surface area contributed by atoms with Crippen molar-refractivity contribution in [3.05, 3.63) is 0 Å². The Hall–Kier alpha value is -0.330. The van der Waals surface area contributed by atoms with Gasteiger partial charge in [0.1, 0.15) is 5.78 Å². The van der Waals surface area contributed by atoms with E-state index in [2.05, 4.69) is 6.92 Å². The van der Waals surface area contributed by atoms with Crippen molar-refractivity contribution in [2.45, 2.75) is 46.0 Å². The Bertz CT molecular complexity index is 140. The van der Waals surface area contributed by atoms with E-state index in [9.17, 15) is 4.79 Å². The second-order valence-electron chi connectivity index (χ2n) is 3.78. The van der Waals surface area contributed by atoms with E-state index in [1.165, 1.54) is 25.7 Å². The smallest absolute Gasteiger partial charge is 0.132 e. The summed E-state index contributed by atoms with van der Waals surface area (Å²) in [5.41, 5.74) is 0. The average molecular weight is 154 g/mol. The molecule has 0 aromatic heterocycles. The van der Waals surface area contributed by atoms with Gasteiger partial charge in [0, 0.05) is 5.92 Å². The van der Waals surface area contributed by atoms with E-state index in [4.69, 9.17) is 0 Å². The van der Waals surface area contributed by atoms with Gasteiger partial charge in [-0.2, -0.15) is 0 Å². The van der Waals surface area contributed by atoms with Gasteiger partial charge in [0.2, 0.25) is 0 Å². The minimum atomic E-state index is 0.406. The van der Waals surface area contributed by atoms with Gasteiger partial charge in [-0.15, -0.1) is 0 Å². The first-order chi connectivity index (χ1) is 5.24. The van der Waals surface area contributed by atoms with Gasteiger partial charge >= 0.3 is 0 Å². The van der Waals surface area contributed by atoms with Crippen molar-refractivity contribution in [2.24, 2.45) is 11.8 Å². The molecule has 2 atom stereocenters. The van der Waals surface area contributed by atoms with E-state index in [0.29, 0.717) is 11.7 Å². The molecule has 1 aliphatic carbocycles. The molecule has 11 heavy (non-hydrogen) atoms. The van der Waals surface area contributed by atoms with Gasteiger partial charge in [0.15, 0.2) is 0 Å². The number of ketones is 1. The van der Waals surface area contributed by atoms with Gasteiger partial charge in [-0.3, -0.25) is 4.79 Å². The molecule has 0 aromatic carbocycles. The molecule has 0 radical (unpaired) electrons. The van der Waals surface area contributed by atoms with Crippen molar-refractivity contribution in [1.82, 2.24) is 0 Å². The zero-order valence-electron chi connectivity index (χ0n) is 7.60. The molecular formula is C10H18O. The Labute approximate surface area is 69.2 Å². The van der Waals surface area contributed by atoms with Crippen LogP contribution < -0.4 is 0 Å². The molecule has 0 aliphatic heterocycles. The SMILES string of the molecule is CCCC1CCC(C(C)=O)C1. The predicted octanol–water partition coefficient (Wildman–Crippen LogP) is 2.79. The Morgan fingerprint density at radius 2 is 2.18 bits per heavy atom. The monoisotopic (exact) mass is 154 g/mol. The van der Waals surface area contributed by atoms with Crippen molar-refractivity contribution in [2.75, 3.05) is 0 Å². The highest BCUT2D eigenvalue weighted by molar-refractivity contribution is 5.78. The average Bonchev–Trinajstić information content (AvgIpc) is 2.37. The van der Waals surface area contributed by atoms with Crippen LogP contribution in [0.25, 0.3) is 0 Å². The first-order valence-corrected chi connectivity index (χ1v) is 4.74. The largest absolute Gasteiger partial charge is 0.300 e. The maximum Gasteiger partial charge on any atom is 0.132 e. The number of rotatable bonds is 3. The van der Waals surface area contributed by atoms with Crippen LogP contribution in [0.15, 0.2) is 0 Å². The highest BCUT2D eigenvalue weighted by atomic mass is 16.1. The zero-order valence-corrected chi connectivity index (χ0v) is 7.60. The molecule has 1 nitrogen and oxygen atoms in total. The fourth-order valence-electron chi connectivity index (χ4n) is 2.11. The molecule has 0 spiro atoms. The third kappa shape index (κ3) is 2.32. The topological polar surface area (TPSA) is 17.1 Å². The lowest BCUT2D eigenvalue weighted by Gasteiger charge is -2.06. The van der Waals surface area contributed by atoms with Gasteiger partial charge < -0.3 is 0 Å². The summed E-state index contributed by atoms with van der Waals surface area (Å²) < 4.78 is 0. The molecule has 1 heteroatoms. The number of Topliss-reactive ketones (excluding diaryl/α,β-unsaturated/α-hetero) is 1. The Morgan fingerprint density at radius 1 is 1.45 bits per heavy atom. The highest BCUT2D eigenvalue weighted by Gasteiger charge is 2.26. The first-order valence-electron chi connectivity index (χ1n) is 4.74. The highest BCUT2D eigenvalue weighted by Crippen LogP contribution is 2.33. The summed E-state index contributed by atoms with van der Waals surface area (Å²) in [6.45, 7) is 3.96. The van der Waals surface area contributed by atoms with Crippen LogP contribution in [0.5, 0.6) is 0 Å². The van der Waals surface area contributed by atoms with Crippen LogP contribution in [-0.4, -0.2) is 5.78 Å². The van der Waals surface area contributed by atoms with E-state index in [0.717, 1.165) is 12.3 Å². The van der Waals surface area contributed by atoms with Crippen molar-refractivity contribution < 1.29 is 4.79 Å². The molecule has 0 heterocycles. The summed E-state index contributed by atoms with van der Waals surface area (Å²) in [6.07, 6.45) is 6.21. The van der Waals surface area contributed by atoms with Crippen LogP contribution in [0, 0.1) is 11.8 Å². The fourth-order valence-corrected chi connectivity index (χ4v) is 2.11. The summed E-state index contributed by atoms with van der Waals surface area (Å²) in [5.74, 6) is 1.67. The number of carbonyl (C=O) groups excluding carboxylic acids is 1. The third-order valence-corrected chi connectivity index (χ3v) is 2.81. The van der Waals surface area contributed by atoms with Crippen LogP contribution >= 0.6 is 0 Å². The van der Waals surface area contributed by atoms with Crippen molar-refractivity contribution in [3.8, 4) is 0 Å². The summed E-state index contributed by atoms with van der Waals surface area (Å²) in [5, 5.41) is 0. The molecule has 2 unspecified atom stereocenters. The molecule has 1 fully saturated rings. The Kier molecular flexibility index (Phi) is 3.10. The third-order valence-electron chi connectivity index (χ3n) is 2.81. The number of carbonyl (C=O) groups is 1.